The Morgan fingerprint density at radius 3 is 1.90 bits per heavy atom. The molecule has 0 amide bonds. The van der Waals surface area contributed by atoms with E-state index >= 15 is 0 Å². The lowest BCUT2D eigenvalue weighted by atomic mass is 9.87. The van der Waals surface area contributed by atoms with Crippen molar-refractivity contribution in [2.45, 2.75) is 198 Å². The van der Waals surface area contributed by atoms with Gasteiger partial charge in [0, 0.05) is 25.2 Å². The molecule has 1 aliphatic rings. The van der Waals surface area contributed by atoms with Gasteiger partial charge >= 0.3 is 27.6 Å². The van der Waals surface area contributed by atoms with Crippen molar-refractivity contribution in [2.75, 3.05) is 26.4 Å². The molecule has 1 saturated heterocycles. The second kappa shape index (κ2) is 36.3. The van der Waals surface area contributed by atoms with Gasteiger partial charge < -0.3 is 49.3 Å². The van der Waals surface area contributed by atoms with Gasteiger partial charge in [-0.2, -0.15) is 0 Å². The van der Waals surface area contributed by atoms with Crippen molar-refractivity contribution in [1.82, 2.24) is 0 Å². The average molecular weight is 943 g/mol. The predicted octanol–water partition coefficient (Wildman–Crippen LogP) is 7.78. The Morgan fingerprint density at radius 1 is 0.683 bits per heavy atom. The van der Waals surface area contributed by atoms with E-state index in [-0.39, 0.29) is 25.2 Å². The first-order valence-corrected chi connectivity index (χ1v) is 26.1. The van der Waals surface area contributed by atoms with Crippen LogP contribution < -0.4 is 0 Å². The highest BCUT2D eigenvalue weighted by molar-refractivity contribution is 7.47. The van der Waals surface area contributed by atoms with Crippen LogP contribution in [0.3, 0.4) is 0 Å². The molecule has 0 saturated carbocycles. The molecule has 2 unspecified atom stereocenters. The van der Waals surface area contributed by atoms with Crippen LogP contribution in [-0.4, -0.2) is 110 Å². The second-order valence-corrected chi connectivity index (χ2v) is 18.9. The van der Waals surface area contributed by atoms with Crippen molar-refractivity contribution in [1.29, 1.82) is 0 Å². The molecule has 0 spiro atoms. The Morgan fingerprint density at radius 2 is 1.24 bits per heavy atom. The number of esters is 2. The van der Waals surface area contributed by atoms with Gasteiger partial charge in [0.05, 0.1) is 38.1 Å². The van der Waals surface area contributed by atoms with Gasteiger partial charge in [0.2, 0.25) is 0 Å². The number of hydrogen-bond donors (Lipinski definition) is 7. The Balaban J connectivity index is 2.60. The molecule has 0 aromatic carbocycles. The molecule has 0 aromatic rings. The zero-order chi connectivity index (χ0) is 46.8. The molecule has 0 radical (unpaired) electrons. The van der Waals surface area contributed by atoms with Crippen LogP contribution in [0.15, 0.2) is 36.5 Å². The number of ether oxygens (including phenoxy) is 3. The topological polar surface area (TPSA) is 265 Å². The molecule has 0 bridgehead atoms. The highest BCUT2D eigenvalue weighted by Gasteiger charge is 2.35. The molecule has 1 aliphatic heterocycles. The minimum atomic E-state index is -4.90. The van der Waals surface area contributed by atoms with Crippen molar-refractivity contribution in [3.05, 3.63) is 36.5 Å². The van der Waals surface area contributed by atoms with Gasteiger partial charge in [-0.05, 0) is 57.8 Å². The SMILES string of the molecule is CCCCCC/C=C\CCCCCCCCCC(=O)OC[C@H](COP(=O)(O)OC[C@@H](O)COP(=O)(O)O)OC(=O)CCC/C=C\C[C@H]1[C@@H](O)CC(O)O[C@@H]1/C=C/[C@@H](O)CCCCC. The summed E-state index contributed by atoms with van der Waals surface area (Å²) in [5.74, 6) is -1.60. The number of aliphatic hydroxyl groups excluding tert-OH is 4. The van der Waals surface area contributed by atoms with Gasteiger partial charge in [-0.25, -0.2) is 9.13 Å². The van der Waals surface area contributed by atoms with Crippen molar-refractivity contribution < 1.29 is 81.6 Å². The van der Waals surface area contributed by atoms with Crippen molar-refractivity contribution in [3.8, 4) is 0 Å². The van der Waals surface area contributed by atoms with E-state index in [0.29, 0.717) is 32.1 Å². The van der Waals surface area contributed by atoms with E-state index in [2.05, 4.69) is 35.0 Å². The fraction of sp³-hybridized carbons (Fsp3) is 0.818. The number of carbonyl (C=O) groups excluding carboxylic acids is 2. The Kier molecular flexibility index (Phi) is 34.1. The van der Waals surface area contributed by atoms with E-state index < -0.39 is 90.8 Å². The van der Waals surface area contributed by atoms with E-state index in [1.165, 1.54) is 32.1 Å². The van der Waals surface area contributed by atoms with Crippen LogP contribution in [0, 0.1) is 5.92 Å². The van der Waals surface area contributed by atoms with Crippen LogP contribution >= 0.6 is 15.6 Å². The summed E-state index contributed by atoms with van der Waals surface area (Å²) < 4.78 is 53.5. The first-order chi connectivity index (χ1) is 30.0. The fourth-order valence-corrected chi connectivity index (χ4v) is 7.83. The Hall–Kier alpha value is -1.82. The van der Waals surface area contributed by atoms with Crippen molar-refractivity contribution in [3.63, 3.8) is 0 Å². The normalized spacial score (nSPS) is 20.9. The quantitative estimate of drug-likeness (QED) is 0.0134. The lowest BCUT2D eigenvalue weighted by Gasteiger charge is -2.36. The molecule has 0 aromatic heterocycles. The first kappa shape index (κ1) is 59.2. The van der Waals surface area contributed by atoms with Gasteiger partial charge in [0.25, 0.3) is 0 Å². The van der Waals surface area contributed by atoms with Gasteiger partial charge in [0.1, 0.15) is 12.7 Å². The summed E-state index contributed by atoms with van der Waals surface area (Å²) in [6, 6.07) is 0. The highest BCUT2D eigenvalue weighted by Crippen LogP contribution is 2.44. The van der Waals surface area contributed by atoms with Gasteiger partial charge in [-0.15, -0.1) is 0 Å². The number of unbranched alkanes of at least 4 members (excludes halogenated alkanes) is 14. The van der Waals surface area contributed by atoms with Crippen molar-refractivity contribution in [2.24, 2.45) is 5.92 Å². The minimum Gasteiger partial charge on any atom is -0.462 e. The second-order valence-electron chi connectivity index (χ2n) is 16.2. The molecular weight excluding hydrogens is 862 g/mol. The maximum Gasteiger partial charge on any atom is 0.472 e. The third-order valence-corrected chi connectivity index (χ3v) is 11.7. The van der Waals surface area contributed by atoms with E-state index in [4.69, 9.17) is 28.5 Å². The number of allylic oxidation sites excluding steroid dienone is 4. The molecule has 1 rings (SSSR count). The van der Waals surface area contributed by atoms with Crippen LogP contribution in [0.1, 0.15) is 162 Å². The van der Waals surface area contributed by atoms with E-state index in [0.717, 1.165) is 64.2 Å². The van der Waals surface area contributed by atoms with E-state index in [1.54, 1.807) is 12.2 Å². The van der Waals surface area contributed by atoms with Gasteiger partial charge in [-0.3, -0.25) is 23.2 Å². The summed E-state index contributed by atoms with van der Waals surface area (Å²) in [4.78, 5) is 53.0. The molecular formula is C44H80O17P2. The summed E-state index contributed by atoms with van der Waals surface area (Å²) in [5.41, 5.74) is 0. The molecule has 1 heterocycles. The average Bonchev–Trinajstić information content (AvgIpc) is 3.22. The summed E-state index contributed by atoms with van der Waals surface area (Å²) in [6.07, 6.45) is 24.6. The summed E-state index contributed by atoms with van der Waals surface area (Å²) in [7, 11) is -9.79. The van der Waals surface area contributed by atoms with Crippen LogP contribution in [0.5, 0.6) is 0 Å². The molecule has 0 aliphatic carbocycles. The molecule has 368 valence electrons. The van der Waals surface area contributed by atoms with Gasteiger partial charge in [0.15, 0.2) is 12.4 Å². The van der Waals surface area contributed by atoms with Crippen LogP contribution in [0.2, 0.25) is 0 Å². The number of phosphoric ester groups is 2. The zero-order valence-corrected chi connectivity index (χ0v) is 39.5. The number of phosphoric acid groups is 2. The fourth-order valence-electron chi connectivity index (χ4n) is 6.68. The standard InChI is InChI=1S/C44H80O17P2/c1-3-5-7-8-9-10-11-12-13-14-15-16-17-18-23-27-42(48)56-34-38(35-59-63(54,55)58-33-37(46)32-57-62(51,52)53)60-43(49)28-24-20-19-22-26-39-40(47)31-44(50)61-41(39)30-29-36(45)25-21-6-4-2/h10-11,19,22,29-30,36-41,44-47,50H,3-9,12-18,20-21,23-28,31-35H2,1-2H3,(H,54,55)(H2,51,52,53)/b11-10-,22-19-,30-29+/t36-,37-,38+,39-,40-,41+,44?/m0/s1. The highest BCUT2D eigenvalue weighted by atomic mass is 31.2. The largest absolute Gasteiger partial charge is 0.472 e. The number of carbonyl (C=O) groups is 2. The number of rotatable bonds is 39. The van der Waals surface area contributed by atoms with E-state index in [1.807, 2.05) is 12.2 Å². The Bertz CT molecular complexity index is 1370. The monoisotopic (exact) mass is 942 g/mol. The molecule has 1 fully saturated rings. The predicted molar refractivity (Wildman–Crippen MR) is 238 cm³/mol. The Labute approximate surface area is 375 Å². The maximum atomic E-state index is 12.8. The number of aliphatic hydroxyl groups is 4. The first-order valence-electron chi connectivity index (χ1n) is 23.1. The molecule has 8 atom stereocenters. The smallest absolute Gasteiger partial charge is 0.462 e. The lowest BCUT2D eigenvalue weighted by molar-refractivity contribution is -0.199. The summed E-state index contributed by atoms with van der Waals surface area (Å²) in [6.45, 7) is 1.33. The summed E-state index contributed by atoms with van der Waals surface area (Å²) >= 11 is 0. The third-order valence-electron chi connectivity index (χ3n) is 10.3. The van der Waals surface area contributed by atoms with Gasteiger partial charge in [-0.1, -0.05) is 121 Å². The molecule has 17 nitrogen and oxygen atoms in total. The summed E-state index contributed by atoms with van der Waals surface area (Å²) in [5, 5.41) is 40.8. The molecule has 19 heteroatoms. The van der Waals surface area contributed by atoms with Crippen molar-refractivity contribution >= 4 is 27.6 Å². The molecule has 63 heavy (non-hydrogen) atoms. The van der Waals surface area contributed by atoms with Crippen LogP contribution in [-0.2, 0) is 46.5 Å². The molecule has 7 N–H and O–H groups in total. The maximum absolute atomic E-state index is 12.8. The minimum absolute atomic E-state index is 0.0556. The van der Waals surface area contributed by atoms with Crippen LogP contribution in [0.4, 0.5) is 0 Å². The van der Waals surface area contributed by atoms with E-state index in [9.17, 15) is 44.0 Å². The van der Waals surface area contributed by atoms with Crippen LogP contribution in [0.25, 0.3) is 0 Å². The third kappa shape index (κ3) is 34.2. The number of hydrogen-bond acceptors (Lipinski definition) is 14. The zero-order valence-electron chi connectivity index (χ0n) is 37.7. The lowest BCUT2D eigenvalue weighted by Crippen LogP contribution is -2.43.